The van der Waals surface area contributed by atoms with Crippen molar-refractivity contribution in [3.8, 4) is 0 Å². The van der Waals surface area contributed by atoms with Gasteiger partial charge in [-0.2, -0.15) is 0 Å². The van der Waals surface area contributed by atoms with Crippen LogP contribution in [0.2, 0.25) is 15.1 Å². The van der Waals surface area contributed by atoms with Gasteiger partial charge < -0.3 is 16.0 Å². The lowest BCUT2D eigenvalue weighted by atomic mass is 10.1. The number of rotatable bonds is 10. The van der Waals surface area contributed by atoms with Crippen molar-refractivity contribution in [2.45, 2.75) is 17.1 Å². The van der Waals surface area contributed by atoms with Crippen molar-refractivity contribution >= 4 is 81.7 Å². The minimum atomic E-state index is -0.619. The summed E-state index contributed by atoms with van der Waals surface area (Å²) < 4.78 is 0. The molecule has 0 aliphatic carbocycles. The standard InChI is InChI=1S/C37H28Cl3N3O3S/c1-23-29(38)18-10-20-31(23)42-37(46)34(24-11-4-2-5-12-24)47-28-17-9-16-27(22-28)41-36(45)32(21-26-15-8-19-30(39)33(26)40)43-35(44)25-13-6-3-7-14-25/h2-22,34H,1H3,(H,41,45)(H,42,46)(H,43,44)/b32-21+. The molecule has 0 fully saturated rings. The first kappa shape index (κ1) is 33.8. The quantitative estimate of drug-likeness (QED) is 0.100. The first-order chi connectivity index (χ1) is 22.7. The molecule has 5 aromatic rings. The van der Waals surface area contributed by atoms with Crippen molar-refractivity contribution in [1.82, 2.24) is 5.32 Å². The average molecular weight is 701 g/mol. The van der Waals surface area contributed by atoms with Crippen LogP contribution >= 0.6 is 46.6 Å². The molecule has 1 unspecified atom stereocenters. The Labute approximate surface area is 292 Å². The predicted octanol–water partition coefficient (Wildman–Crippen LogP) is 9.84. The third kappa shape index (κ3) is 8.84. The molecule has 1 atom stereocenters. The maximum atomic E-state index is 13.7. The van der Waals surface area contributed by atoms with Gasteiger partial charge in [-0.1, -0.05) is 108 Å². The van der Waals surface area contributed by atoms with Crippen molar-refractivity contribution < 1.29 is 14.4 Å². The van der Waals surface area contributed by atoms with Crippen LogP contribution in [0.5, 0.6) is 0 Å². The molecule has 0 aliphatic heterocycles. The highest BCUT2D eigenvalue weighted by Gasteiger charge is 2.24. The van der Waals surface area contributed by atoms with Crippen LogP contribution in [0, 0.1) is 6.92 Å². The fourth-order valence-electron chi connectivity index (χ4n) is 4.55. The van der Waals surface area contributed by atoms with Gasteiger partial charge in [-0.3, -0.25) is 14.4 Å². The van der Waals surface area contributed by atoms with Gasteiger partial charge in [0.15, 0.2) is 0 Å². The molecule has 236 valence electrons. The Kier molecular flexibility index (Phi) is 11.4. The van der Waals surface area contributed by atoms with Gasteiger partial charge in [-0.15, -0.1) is 11.8 Å². The van der Waals surface area contributed by atoms with E-state index in [1.165, 1.54) is 17.8 Å². The topological polar surface area (TPSA) is 87.3 Å². The average Bonchev–Trinajstić information content (AvgIpc) is 3.08. The van der Waals surface area contributed by atoms with E-state index in [1.54, 1.807) is 84.9 Å². The molecule has 3 amide bonds. The lowest BCUT2D eigenvalue weighted by molar-refractivity contribution is -0.116. The first-order valence-corrected chi connectivity index (χ1v) is 16.4. The number of carbonyl (C=O) groups is 3. The fraction of sp³-hybridized carbons (Fsp3) is 0.0541. The molecule has 3 N–H and O–H groups in total. The highest BCUT2D eigenvalue weighted by atomic mass is 35.5. The van der Waals surface area contributed by atoms with E-state index in [-0.39, 0.29) is 16.6 Å². The molecule has 0 saturated carbocycles. The van der Waals surface area contributed by atoms with Crippen LogP contribution in [0.15, 0.2) is 132 Å². The Morgan fingerprint density at radius 1 is 0.723 bits per heavy atom. The largest absolute Gasteiger partial charge is 0.325 e. The molecule has 6 nitrogen and oxygen atoms in total. The normalized spacial score (nSPS) is 11.8. The molecule has 5 rings (SSSR count). The molecule has 0 heterocycles. The van der Waals surface area contributed by atoms with E-state index >= 15 is 0 Å². The van der Waals surface area contributed by atoms with Crippen LogP contribution in [-0.2, 0) is 9.59 Å². The summed E-state index contributed by atoms with van der Waals surface area (Å²) in [6.07, 6.45) is 1.47. The third-order valence-electron chi connectivity index (χ3n) is 7.02. The number of thioether (sulfide) groups is 1. The van der Waals surface area contributed by atoms with Gasteiger partial charge in [0.2, 0.25) is 5.91 Å². The summed E-state index contributed by atoms with van der Waals surface area (Å²) in [6.45, 7) is 1.85. The Morgan fingerprint density at radius 3 is 2.13 bits per heavy atom. The molecule has 5 aromatic carbocycles. The number of amides is 3. The number of hydrogen-bond acceptors (Lipinski definition) is 4. The summed E-state index contributed by atoms with van der Waals surface area (Å²) in [6, 6.07) is 35.5. The van der Waals surface area contributed by atoms with Gasteiger partial charge in [-0.25, -0.2) is 0 Å². The predicted molar refractivity (Wildman–Crippen MR) is 193 cm³/mol. The van der Waals surface area contributed by atoms with E-state index in [0.717, 1.165) is 16.0 Å². The van der Waals surface area contributed by atoms with Crippen LogP contribution in [0.1, 0.15) is 32.3 Å². The lowest BCUT2D eigenvalue weighted by Gasteiger charge is -2.19. The number of hydrogen-bond donors (Lipinski definition) is 3. The zero-order valence-corrected chi connectivity index (χ0v) is 28.1. The molecule has 0 aromatic heterocycles. The Bertz CT molecular complexity index is 1950. The summed E-state index contributed by atoms with van der Waals surface area (Å²) in [5.74, 6) is -1.28. The van der Waals surface area contributed by atoms with Gasteiger partial charge in [0.1, 0.15) is 10.9 Å². The summed E-state index contributed by atoms with van der Waals surface area (Å²) in [5, 5.41) is 9.07. The van der Waals surface area contributed by atoms with Crippen LogP contribution in [0.4, 0.5) is 11.4 Å². The van der Waals surface area contributed by atoms with Crippen molar-refractivity contribution in [1.29, 1.82) is 0 Å². The molecule has 0 saturated heterocycles. The van der Waals surface area contributed by atoms with Crippen molar-refractivity contribution in [2.24, 2.45) is 0 Å². The smallest absolute Gasteiger partial charge is 0.272 e. The highest BCUT2D eigenvalue weighted by Crippen LogP contribution is 2.38. The highest BCUT2D eigenvalue weighted by molar-refractivity contribution is 8.00. The van der Waals surface area contributed by atoms with Crippen LogP contribution in [0.3, 0.4) is 0 Å². The summed E-state index contributed by atoms with van der Waals surface area (Å²) in [4.78, 5) is 41.1. The van der Waals surface area contributed by atoms with E-state index in [9.17, 15) is 14.4 Å². The summed E-state index contributed by atoms with van der Waals surface area (Å²) >= 11 is 20.2. The van der Waals surface area contributed by atoms with Crippen LogP contribution < -0.4 is 16.0 Å². The number of halogens is 3. The minimum Gasteiger partial charge on any atom is -0.325 e. The third-order valence-corrected chi connectivity index (χ3v) is 9.51. The number of anilines is 2. The molecule has 0 spiro atoms. The molecule has 10 heteroatoms. The van der Waals surface area contributed by atoms with Crippen molar-refractivity contribution in [3.63, 3.8) is 0 Å². The fourth-order valence-corrected chi connectivity index (χ4v) is 6.17. The Morgan fingerprint density at radius 2 is 1.38 bits per heavy atom. The van der Waals surface area contributed by atoms with Crippen molar-refractivity contribution in [2.75, 3.05) is 10.6 Å². The van der Waals surface area contributed by atoms with E-state index in [0.29, 0.717) is 32.5 Å². The molecular weight excluding hydrogens is 673 g/mol. The van der Waals surface area contributed by atoms with Gasteiger partial charge in [0.05, 0.1) is 10.0 Å². The van der Waals surface area contributed by atoms with E-state index in [4.69, 9.17) is 34.8 Å². The Balaban J connectivity index is 1.40. The summed E-state index contributed by atoms with van der Waals surface area (Å²) in [5.41, 5.74) is 3.44. The lowest BCUT2D eigenvalue weighted by Crippen LogP contribution is -2.30. The summed E-state index contributed by atoms with van der Waals surface area (Å²) in [7, 11) is 0. The maximum absolute atomic E-state index is 13.7. The van der Waals surface area contributed by atoms with E-state index in [1.807, 2.05) is 43.3 Å². The minimum absolute atomic E-state index is 0.0421. The second-order valence-corrected chi connectivity index (χ2v) is 12.7. The number of benzene rings is 5. The van der Waals surface area contributed by atoms with E-state index < -0.39 is 17.1 Å². The van der Waals surface area contributed by atoms with Gasteiger partial charge >= 0.3 is 0 Å². The van der Waals surface area contributed by atoms with Gasteiger partial charge in [-0.05, 0) is 78.2 Å². The zero-order chi connectivity index (χ0) is 33.3. The van der Waals surface area contributed by atoms with Crippen LogP contribution in [0.25, 0.3) is 6.08 Å². The Hall–Kier alpha value is -4.53. The van der Waals surface area contributed by atoms with Gasteiger partial charge in [0.25, 0.3) is 11.8 Å². The molecule has 0 radical (unpaired) electrons. The molecule has 0 aliphatic rings. The van der Waals surface area contributed by atoms with Crippen LogP contribution in [-0.4, -0.2) is 17.7 Å². The number of nitrogens with one attached hydrogen (secondary N) is 3. The SMILES string of the molecule is Cc1c(Cl)cccc1NC(=O)C(Sc1cccc(NC(=O)/C(=C\c2cccc(Cl)c2Cl)NC(=O)c2ccccc2)c1)c1ccccc1. The second kappa shape index (κ2) is 15.8. The van der Waals surface area contributed by atoms with Gasteiger partial charge in [0, 0.05) is 26.9 Å². The number of carbonyl (C=O) groups excluding carboxylic acids is 3. The molecule has 0 bridgehead atoms. The van der Waals surface area contributed by atoms with Crippen molar-refractivity contribution in [3.05, 3.63) is 164 Å². The monoisotopic (exact) mass is 699 g/mol. The molecule has 47 heavy (non-hydrogen) atoms. The zero-order valence-electron chi connectivity index (χ0n) is 25.0. The maximum Gasteiger partial charge on any atom is 0.272 e. The van der Waals surface area contributed by atoms with E-state index in [2.05, 4.69) is 16.0 Å². The second-order valence-electron chi connectivity index (χ2n) is 10.3. The molecular formula is C37H28Cl3N3O3S. The first-order valence-electron chi connectivity index (χ1n) is 14.4.